The van der Waals surface area contributed by atoms with Crippen molar-refractivity contribution in [2.45, 2.75) is 128 Å². The van der Waals surface area contributed by atoms with E-state index in [0.717, 1.165) is 63.4 Å². The standard InChI is InChI=1S/C44H60N6O8/c1-3-14-34(39(52)43(56)46-25-36(51)48-37(40(45)53)30-18-9-5-10-19-30)47-42(55)35-24-33(58-27-29-16-7-4-8-17-29)26-50(35)44(57)38(31-20-11-6-12-21-31)49-41(54)32-22-13-15-28(2)23-32/h4-5,7-10,16-19,28,31-35,37-38H,3,6,11-15,20-27H2,1-2H3,(H2,45,53)(H,46,56)(H,47,55)(H,48,51)(H,49,54)/t28?,32?,33-,34?,35+,37?,38?/m1/s1. The van der Waals surface area contributed by atoms with Crippen LogP contribution in [0.25, 0.3) is 0 Å². The number of hydrogen-bond acceptors (Lipinski definition) is 8. The SMILES string of the molecule is CCCC(NC(=O)[C@@H]1C[C@@H](OCc2ccccc2)CN1C(=O)C(NC(=O)C1CCCC(C)C1)C1CCCCC1)C(=O)C(=O)NCC(=O)NC(C(N)=O)c1ccccc1. The number of likely N-dealkylation sites (tertiary alicyclic amines) is 1. The molecule has 2 aliphatic carbocycles. The minimum atomic E-state index is -1.24. The molecular formula is C44H60N6O8. The summed E-state index contributed by atoms with van der Waals surface area (Å²) in [6.07, 6.45) is 8.30. The molecule has 2 aromatic carbocycles. The molecule has 5 unspecified atom stereocenters. The normalized spacial score (nSPS) is 22.5. The predicted molar refractivity (Wildman–Crippen MR) is 216 cm³/mol. The molecule has 14 heteroatoms. The first-order valence-corrected chi connectivity index (χ1v) is 21.0. The van der Waals surface area contributed by atoms with E-state index in [0.29, 0.717) is 17.9 Å². The Bertz CT molecular complexity index is 1740. The maximum atomic E-state index is 14.8. The zero-order valence-corrected chi connectivity index (χ0v) is 33.8. The Hall–Kier alpha value is -5.11. The third-order valence-corrected chi connectivity index (χ3v) is 11.7. The van der Waals surface area contributed by atoms with Gasteiger partial charge in [0.25, 0.3) is 5.91 Å². The molecule has 6 N–H and O–H groups in total. The molecule has 14 nitrogen and oxygen atoms in total. The quantitative estimate of drug-likeness (QED) is 0.141. The van der Waals surface area contributed by atoms with Gasteiger partial charge in [0, 0.05) is 18.9 Å². The third kappa shape index (κ3) is 12.2. The first-order valence-electron chi connectivity index (χ1n) is 21.0. The van der Waals surface area contributed by atoms with Crippen LogP contribution in [0.2, 0.25) is 0 Å². The van der Waals surface area contributed by atoms with Gasteiger partial charge in [-0.05, 0) is 55.1 Å². The first kappa shape index (κ1) is 44.0. The van der Waals surface area contributed by atoms with Crippen molar-refractivity contribution in [1.82, 2.24) is 26.2 Å². The van der Waals surface area contributed by atoms with Crippen molar-refractivity contribution in [3.63, 3.8) is 0 Å². The zero-order chi connectivity index (χ0) is 41.6. The van der Waals surface area contributed by atoms with Gasteiger partial charge in [0.15, 0.2) is 0 Å². The lowest BCUT2D eigenvalue weighted by Gasteiger charge is -2.36. The van der Waals surface area contributed by atoms with Crippen molar-refractivity contribution in [2.24, 2.45) is 23.5 Å². The average Bonchev–Trinajstić information content (AvgIpc) is 3.68. The number of rotatable bonds is 18. The van der Waals surface area contributed by atoms with E-state index in [1.54, 1.807) is 37.3 Å². The van der Waals surface area contributed by atoms with Crippen LogP contribution in [0, 0.1) is 17.8 Å². The van der Waals surface area contributed by atoms with Crippen LogP contribution in [0.15, 0.2) is 60.7 Å². The number of carbonyl (C=O) groups excluding carboxylic acids is 7. The number of nitrogens with one attached hydrogen (secondary N) is 4. The lowest BCUT2D eigenvalue weighted by atomic mass is 9.80. The van der Waals surface area contributed by atoms with Crippen LogP contribution in [-0.4, -0.2) is 83.4 Å². The van der Waals surface area contributed by atoms with Crippen LogP contribution in [0.5, 0.6) is 0 Å². The Morgan fingerprint density at radius 1 is 0.810 bits per heavy atom. The molecule has 2 saturated carbocycles. The van der Waals surface area contributed by atoms with Gasteiger partial charge in [-0.3, -0.25) is 33.6 Å². The molecule has 314 valence electrons. The molecule has 0 aromatic heterocycles. The molecule has 2 aromatic rings. The molecule has 1 aliphatic heterocycles. The Morgan fingerprint density at radius 2 is 1.50 bits per heavy atom. The Labute approximate surface area is 341 Å². The number of benzene rings is 2. The number of ketones is 1. The number of amides is 6. The number of ether oxygens (including phenoxy) is 1. The van der Waals surface area contributed by atoms with Gasteiger partial charge in [-0.25, -0.2) is 0 Å². The highest BCUT2D eigenvalue weighted by molar-refractivity contribution is 6.38. The van der Waals surface area contributed by atoms with Gasteiger partial charge in [0.1, 0.15) is 18.1 Å². The van der Waals surface area contributed by atoms with E-state index in [1.807, 2.05) is 30.3 Å². The van der Waals surface area contributed by atoms with Crippen molar-refractivity contribution >= 4 is 41.2 Å². The van der Waals surface area contributed by atoms with E-state index >= 15 is 0 Å². The molecule has 0 spiro atoms. The Balaban J connectivity index is 1.29. The summed E-state index contributed by atoms with van der Waals surface area (Å²) in [6, 6.07) is 13.7. The number of hydrogen-bond donors (Lipinski definition) is 5. The summed E-state index contributed by atoms with van der Waals surface area (Å²) in [5.74, 6) is -4.51. The molecule has 1 heterocycles. The van der Waals surface area contributed by atoms with Crippen LogP contribution < -0.4 is 27.0 Å². The van der Waals surface area contributed by atoms with Crippen molar-refractivity contribution in [2.75, 3.05) is 13.1 Å². The molecule has 58 heavy (non-hydrogen) atoms. The summed E-state index contributed by atoms with van der Waals surface area (Å²) in [4.78, 5) is 95.6. The van der Waals surface area contributed by atoms with Crippen molar-refractivity contribution in [1.29, 1.82) is 0 Å². The summed E-state index contributed by atoms with van der Waals surface area (Å²) in [6.45, 7) is 3.71. The topological polar surface area (TPSA) is 206 Å². The fourth-order valence-corrected chi connectivity index (χ4v) is 8.58. The summed E-state index contributed by atoms with van der Waals surface area (Å²) in [5, 5.41) is 10.7. The summed E-state index contributed by atoms with van der Waals surface area (Å²) >= 11 is 0. The van der Waals surface area contributed by atoms with Gasteiger partial charge in [-0.15, -0.1) is 0 Å². The molecule has 1 saturated heterocycles. The monoisotopic (exact) mass is 800 g/mol. The van der Waals surface area contributed by atoms with E-state index in [-0.39, 0.29) is 49.6 Å². The van der Waals surface area contributed by atoms with Crippen LogP contribution >= 0.6 is 0 Å². The summed E-state index contributed by atoms with van der Waals surface area (Å²) in [5.41, 5.74) is 6.88. The number of carbonyl (C=O) groups is 7. The second-order valence-corrected chi connectivity index (χ2v) is 16.2. The Morgan fingerprint density at radius 3 is 2.16 bits per heavy atom. The largest absolute Gasteiger partial charge is 0.372 e. The molecule has 7 atom stereocenters. The van der Waals surface area contributed by atoms with E-state index in [2.05, 4.69) is 28.2 Å². The van der Waals surface area contributed by atoms with Crippen LogP contribution in [0.4, 0.5) is 0 Å². The highest BCUT2D eigenvalue weighted by Gasteiger charge is 2.46. The van der Waals surface area contributed by atoms with Gasteiger partial charge in [0.2, 0.25) is 35.3 Å². The van der Waals surface area contributed by atoms with Crippen LogP contribution in [0.3, 0.4) is 0 Å². The minimum absolute atomic E-state index is 0.0829. The number of nitrogens with two attached hydrogens (primary N) is 1. The van der Waals surface area contributed by atoms with Crippen molar-refractivity contribution in [3.8, 4) is 0 Å². The van der Waals surface area contributed by atoms with Gasteiger partial charge in [-0.1, -0.05) is 113 Å². The van der Waals surface area contributed by atoms with Crippen LogP contribution in [0.1, 0.15) is 108 Å². The molecule has 3 fully saturated rings. The van der Waals surface area contributed by atoms with E-state index < -0.39 is 66.2 Å². The first-order chi connectivity index (χ1) is 27.9. The fourth-order valence-electron chi connectivity index (χ4n) is 8.58. The number of nitrogens with zero attached hydrogens (tertiary/aromatic N) is 1. The van der Waals surface area contributed by atoms with Crippen molar-refractivity contribution in [3.05, 3.63) is 71.8 Å². The van der Waals surface area contributed by atoms with Gasteiger partial charge >= 0.3 is 0 Å². The van der Waals surface area contributed by atoms with E-state index in [9.17, 15) is 33.6 Å². The number of primary amides is 1. The summed E-state index contributed by atoms with van der Waals surface area (Å²) < 4.78 is 6.27. The zero-order valence-electron chi connectivity index (χ0n) is 33.8. The average molecular weight is 801 g/mol. The lowest BCUT2D eigenvalue weighted by molar-refractivity contribution is -0.145. The highest BCUT2D eigenvalue weighted by Crippen LogP contribution is 2.33. The maximum Gasteiger partial charge on any atom is 0.290 e. The van der Waals surface area contributed by atoms with Gasteiger partial charge < -0.3 is 36.6 Å². The molecule has 3 aliphatic rings. The molecule has 0 radical (unpaired) electrons. The predicted octanol–water partition coefficient (Wildman–Crippen LogP) is 3.38. The second kappa shape index (κ2) is 21.6. The minimum Gasteiger partial charge on any atom is -0.372 e. The van der Waals surface area contributed by atoms with Gasteiger partial charge in [-0.2, -0.15) is 0 Å². The fraction of sp³-hybridized carbons (Fsp3) is 0.568. The van der Waals surface area contributed by atoms with E-state index in [1.165, 1.54) is 4.90 Å². The Kier molecular flexibility index (Phi) is 16.4. The molecular weight excluding hydrogens is 741 g/mol. The van der Waals surface area contributed by atoms with Crippen LogP contribution in [-0.2, 0) is 44.9 Å². The maximum absolute atomic E-state index is 14.8. The van der Waals surface area contributed by atoms with Gasteiger partial charge in [0.05, 0.1) is 25.3 Å². The third-order valence-electron chi connectivity index (χ3n) is 11.7. The second-order valence-electron chi connectivity index (χ2n) is 16.2. The van der Waals surface area contributed by atoms with Crippen molar-refractivity contribution < 1.29 is 38.3 Å². The molecule has 0 bridgehead atoms. The smallest absolute Gasteiger partial charge is 0.290 e. The lowest BCUT2D eigenvalue weighted by Crippen LogP contribution is -2.58. The summed E-state index contributed by atoms with van der Waals surface area (Å²) in [7, 11) is 0. The highest BCUT2D eigenvalue weighted by atomic mass is 16.5. The number of Topliss-reactive ketones (excluding diaryl/α,β-unsaturated/α-hetero) is 1. The molecule has 5 rings (SSSR count). The molecule has 6 amide bonds. The van der Waals surface area contributed by atoms with E-state index in [4.69, 9.17) is 10.5 Å².